The van der Waals surface area contributed by atoms with Gasteiger partial charge in [0.15, 0.2) is 0 Å². The summed E-state index contributed by atoms with van der Waals surface area (Å²) in [5.74, 6) is 1.25. The second kappa shape index (κ2) is 10.1. The number of rotatable bonds is 8. The molecule has 3 saturated heterocycles. The van der Waals surface area contributed by atoms with Crippen LogP contribution in [0.25, 0.3) is 11.1 Å². The minimum atomic E-state index is -0.826. The molecule has 2 bridgehead atoms. The molecule has 0 spiro atoms. The van der Waals surface area contributed by atoms with Gasteiger partial charge in [0.1, 0.15) is 12.4 Å². The van der Waals surface area contributed by atoms with Crippen molar-refractivity contribution in [3.8, 4) is 16.9 Å². The Morgan fingerprint density at radius 3 is 2.39 bits per heavy atom. The second-order valence-electron chi connectivity index (χ2n) is 9.69. The summed E-state index contributed by atoms with van der Waals surface area (Å²) < 4.78 is 10.7. The molecule has 6 heteroatoms. The van der Waals surface area contributed by atoms with Crippen molar-refractivity contribution in [1.82, 2.24) is 9.80 Å². The first kappa shape index (κ1) is 23.6. The highest BCUT2D eigenvalue weighted by Gasteiger charge is 2.43. The molecule has 3 aliphatic rings. The molecule has 0 saturated carbocycles. The van der Waals surface area contributed by atoms with Gasteiger partial charge in [-0.3, -0.25) is 4.90 Å². The van der Waals surface area contributed by atoms with Crippen molar-refractivity contribution in [1.29, 1.82) is 0 Å². The van der Waals surface area contributed by atoms with Gasteiger partial charge < -0.3 is 19.5 Å². The van der Waals surface area contributed by atoms with Gasteiger partial charge in [-0.25, -0.2) is 4.79 Å². The minimum absolute atomic E-state index is 0.0530. The van der Waals surface area contributed by atoms with Crippen molar-refractivity contribution in [3.63, 3.8) is 0 Å². The lowest BCUT2D eigenvalue weighted by atomic mass is 9.83. The molecule has 3 fully saturated rings. The second-order valence-corrected chi connectivity index (χ2v) is 9.69. The number of piperidine rings is 1. The van der Waals surface area contributed by atoms with Crippen molar-refractivity contribution in [2.75, 3.05) is 40.0 Å². The van der Waals surface area contributed by atoms with Gasteiger partial charge in [0, 0.05) is 19.7 Å². The van der Waals surface area contributed by atoms with E-state index in [1.807, 2.05) is 44.2 Å². The van der Waals surface area contributed by atoms with E-state index in [4.69, 9.17) is 9.47 Å². The molecule has 33 heavy (non-hydrogen) atoms. The maximum atomic E-state index is 12.6. The number of hydrogen-bond donors (Lipinski definition) is 1. The molecule has 178 valence electrons. The first-order valence-electron chi connectivity index (χ1n) is 12.0. The molecule has 1 atom stereocenters. The number of carbonyl (C=O) groups is 1. The fraction of sp³-hybridized carbons (Fsp3) is 0.519. The maximum absolute atomic E-state index is 12.6. The molecular formula is C27H36N2O4. The van der Waals surface area contributed by atoms with Crippen LogP contribution in [0.3, 0.4) is 0 Å². The lowest BCUT2D eigenvalue weighted by Gasteiger charge is -2.45. The number of amides is 1. The molecule has 3 heterocycles. The number of fused-ring (bicyclic) bond motifs is 4. The van der Waals surface area contributed by atoms with Crippen LogP contribution in [0.4, 0.5) is 4.79 Å². The first-order chi connectivity index (χ1) is 15.9. The SMILES string of the molecule is COCCOc1ccc(-c2cccc(C(C)(C)N(C(=O)O)C3CCN4CCC3CC4)c2)cc1. The monoisotopic (exact) mass is 452 g/mol. The van der Waals surface area contributed by atoms with Crippen molar-refractivity contribution in [2.24, 2.45) is 5.92 Å². The predicted octanol–water partition coefficient (Wildman–Crippen LogP) is 5.08. The average Bonchev–Trinajstić information content (AvgIpc) is 3.13. The van der Waals surface area contributed by atoms with Crippen LogP contribution in [-0.4, -0.2) is 67.0 Å². The normalized spacial score (nSPS) is 22.6. The Hall–Kier alpha value is -2.57. The molecule has 5 rings (SSSR count). The zero-order chi connectivity index (χ0) is 23.4. The van der Waals surface area contributed by atoms with E-state index >= 15 is 0 Å². The van der Waals surface area contributed by atoms with Gasteiger partial charge in [0.2, 0.25) is 0 Å². The number of ether oxygens (including phenoxy) is 2. The molecule has 1 N–H and O–H groups in total. The molecule has 1 amide bonds. The molecule has 0 aliphatic carbocycles. The lowest BCUT2D eigenvalue weighted by Crippen LogP contribution is -2.53. The van der Waals surface area contributed by atoms with Gasteiger partial charge in [-0.1, -0.05) is 30.3 Å². The van der Waals surface area contributed by atoms with Crippen LogP contribution in [0.1, 0.15) is 38.7 Å². The Balaban J connectivity index is 1.58. The van der Waals surface area contributed by atoms with Crippen LogP contribution in [0.2, 0.25) is 0 Å². The molecule has 1 unspecified atom stereocenters. The number of carboxylic acid groups (broad SMARTS) is 1. The minimum Gasteiger partial charge on any atom is -0.491 e. The van der Waals surface area contributed by atoms with Crippen LogP contribution >= 0.6 is 0 Å². The molecule has 2 aromatic carbocycles. The van der Waals surface area contributed by atoms with Crippen LogP contribution in [0.5, 0.6) is 5.75 Å². The fourth-order valence-corrected chi connectivity index (χ4v) is 5.45. The Kier molecular flexibility index (Phi) is 7.25. The van der Waals surface area contributed by atoms with E-state index in [1.54, 1.807) is 12.0 Å². The molecule has 2 aromatic rings. The third-order valence-electron chi connectivity index (χ3n) is 7.37. The molecule has 3 aliphatic heterocycles. The molecule has 0 radical (unpaired) electrons. The van der Waals surface area contributed by atoms with E-state index in [0.717, 1.165) is 61.3 Å². The summed E-state index contributed by atoms with van der Waals surface area (Å²) in [7, 11) is 1.66. The summed E-state index contributed by atoms with van der Waals surface area (Å²) in [5, 5.41) is 10.3. The highest BCUT2D eigenvalue weighted by molar-refractivity contribution is 5.69. The van der Waals surface area contributed by atoms with E-state index in [0.29, 0.717) is 19.1 Å². The number of methoxy groups -OCH3 is 1. The number of benzene rings is 2. The third-order valence-corrected chi connectivity index (χ3v) is 7.37. The van der Waals surface area contributed by atoms with Gasteiger partial charge in [-0.2, -0.15) is 0 Å². The molecule has 6 nitrogen and oxygen atoms in total. The van der Waals surface area contributed by atoms with Gasteiger partial charge in [0.05, 0.1) is 12.1 Å². The first-order valence-corrected chi connectivity index (χ1v) is 12.0. The fourth-order valence-electron chi connectivity index (χ4n) is 5.45. The number of nitrogens with zero attached hydrogens (tertiary/aromatic N) is 2. The van der Waals surface area contributed by atoms with Crippen molar-refractivity contribution >= 4 is 6.09 Å². The summed E-state index contributed by atoms with van der Waals surface area (Å²) in [5.41, 5.74) is 2.53. The lowest BCUT2D eigenvalue weighted by molar-refractivity contribution is 0.0355. The van der Waals surface area contributed by atoms with E-state index < -0.39 is 11.6 Å². The highest BCUT2D eigenvalue weighted by atomic mass is 16.5. The topological polar surface area (TPSA) is 62.2 Å². The summed E-state index contributed by atoms with van der Waals surface area (Å²) in [6.07, 6.45) is 2.26. The maximum Gasteiger partial charge on any atom is 0.408 e. The Morgan fingerprint density at radius 1 is 1.03 bits per heavy atom. The summed E-state index contributed by atoms with van der Waals surface area (Å²) >= 11 is 0. The molecular weight excluding hydrogens is 416 g/mol. The van der Waals surface area contributed by atoms with Gasteiger partial charge >= 0.3 is 6.09 Å². The summed E-state index contributed by atoms with van der Waals surface area (Å²) in [6, 6.07) is 16.4. The third kappa shape index (κ3) is 5.17. The van der Waals surface area contributed by atoms with Gasteiger partial charge in [-0.15, -0.1) is 0 Å². The summed E-state index contributed by atoms with van der Waals surface area (Å²) in [6.45, 7) is 8.34. The van der Waals surface area contributed by atoms with E-state index in [9.17, 15) is 9.90 Å². The highest BCUT2D eigenvalue weighted by Crippen LogP contribution is 2.39. The quantitative estimate of drug-likeness (QED) is 0.566. The van der Waals surface area contributed by atoms with Crippen molar-refractivity contribution in [2.45, 2.75) is 44.7 Å². The van der Waals surface area contributed by atoms with Crippen molar-refractivity contribution in [3.05, 3.63) is 54.1 Å². The zero-order valence-corrected chi connectivity index (χ0v) is 20.0. The van der Waals surface area contributed by atoms with E-state index in [1.165, 1.54) is 0 Å². The van der Waals surface area contributed by atoms with Crippen LogP contribution in [0.15, 0.2) is 48.5 Å². The Morgan fingerprint density at radius 2 is 1.73 bits per heavy atom. The van der Waals surface area contributed by atoms with Crippen molar-refractivity contribution < 1.29 is 19.4 Å². The standard InChI is InChI=1S/C27H36N2O4/c1-27(2,29(26(30)31)25-13-16-28-14-11-21(25)12-15-28)23-6-4-5-22(19-23)20-7-9-24(10-8-20)33-18-17-32-3/h4-10,19,21,25H,11-18H2,1-3H3,(H,30,31). The largest absolute Gasteiger partial charge is 0.491 e. The molecule has 0 aromatic heterocycles. The van der Waals surface area contributed by atoms with Gasteiger partial charge in [0.25, 0.3) is 0 Å². The zero-order valence-electron chi connectivity index (χ0n) is 20.0. The predicted molar refractivity (Wildman–Crippen MR) is 130 cm³/mol. The smallest absolute Gasteiger partial charge is 0.408 e. The van der Waals surface area contributed by atoms with Crippen LogP contribution in [0, 0.1) is 5.92 Å². The van der Waals surface area contributed by atoms with Crippen LogP contribution < -0.4 is 4.74 Å². The van der Waals surface area contributed by atoms with E-state index in [2.05, 4.69) is 23.1 Å². The Bertz CT molecular complexity index is 935. The average molecular weight is 453 g/mol. The Labute approximate surface area is 197 Å². The number of hydrogen-bond acceptors (Lipinski definition) is 4. The van der Waals surface area contributed by atoms with E-state index in [-0.39, 0.29) is 6.04 Å². The summed E-state index contributed by atoms with van der Waals surface area (Å²) in [4.78, 5) is 16.8. The van der Waals surface area contributed by atoms with Crippen LogP contribution in [-0.2, 0) is 10.3 Å². The van der Waals surface area contributed by atoms with Gasteiger partial charge in [-0.05, 0) is 87.0 Å².